The van der Waals surface area contributed by atoms with Crippen molar-refractivity contribution in [2.75, 3.05) is 26.1 Å². The molecule has 0 heterocycles. The zero-order chi connectivity index (χ0) is 22.1. The van der Waals surface area contributed by atoms with Gasteiger partial charge in [0.1, 0.15) is 17.5 Å². The molecule has 0 spiro atoms. The number of para-hydroxylation sites is 2. The molecule has 2 N–H and O–H groups in total. The summed E-state index contributed by atoms with van der Waals surface area (Å²) < 4.78 is 16.3. The van der Waals surface area contributed by atoms with Gasteiger partial charge in [0.05, 0.1) is 14.2 Å². The highest BCUT2D eigenvalue weighted by molar-refractivity contribution is 5.84. The molecule has 0 fully saturated rings. The summed E-state index contributed by atoms with van der Waals surface area (Å²) in [5.74, 6) is 2.78. The predicted molar refractivity (Wildman–Crippen MR) is 122 cm³/mol. The lowest BCUT2D eigenvalue weighted by molar-refractivity contribution is -0.121. The summed E-state index contributed by atoms with van der Waals surface area (Å²) in [6.07, 6.45) is 0.761. The van der Waals surface area contributed by atoms with Gasteiger partial charge in [0.25, 0.3) is 0 Å². The quantitative estimate of drug-likeness (QED) is 0.499. The second-order valence-corrected chi connectivity index (χ2v) is 7.03. The molecule has 3 aromatic carbocycles. The van der Waals surface area contributed by atoms with Crippen LogP contribution in [0.2, 0.25) is 0 Å². The molecule has 1 atom stereocenters. The number of methoxy groups -OCH3 is 2. The molecule has 0 aliphatic carbocycles. The van der Waals surface area contributed by atoms with Gasteiger partial charge in [-0.15, -0.1) is 0 Å². The topological polar surface area (TPSA) is 68.8 Å². The number of anilines is 1. The first-order chi connectivity index (χ1) is 15.1. The molecule has 6 nitrogen and oxygen atoms in total. The Morgan fingerprint density at radius 3 is 2.13 bits per heavy atom. The highest BCUT2D eigenvalue weighted by Crippen LogP contribution is 2.31. The SMILES string of the molecule is COc1ccc(CCNC(=O)C(C)Nc2ccc(Oc3ccccc3OC)cc2)cc1. The Hall–Kier alpha value is -3.67. The van der Waals surface area contributed by atoms with Crippen molar-refractivity contribution in [1.82, 2.24) is 5.32 Å². The van der Waals surface area contributed by atoms with Crippen molar-refractivity contribution in [2.45, 2.75) is 19.4 Å². The summed E-state index contributed by atoms with van der Waals surface area (Å²) in [6, 6.07) is 22.4. The second-order valence-electron chi connectivity index (χ2n) is 7.03. The molecule has 0 aliphatic heterocycles. The number of carbonyl (C=O) groups is 1. The fourth-order valence-electron chi connectivity index (χ4n) is 3.04. The smallest absolute Gasteiger partial charge is 0.242 e. The van der Waals surface area contributed by atoms with Crippen LogP contribution in [-0.4, -0.2) is 32.7 Å². The van der Waals surface area contributed by atoms with E-state index in [0.717, 1.165) is 23.4 Å². The summed E-state index contributed by atoms with van der Waals surface area (Å²) >= 11 is 0. The van der Waals surface area contributed by atoms with Crippen molar-refractivity contribution < 1.29 is 19.0 Å². The van der Waals surface area contributed by atoms with Crippen LogP contribution in [0, 0.1) is 0 Å². The van der Waals surface area contributed by atoms with Crippen LogP contribution in [0.1, 0.15) is 12.5 Å². The normalized spacial score (nSPS) is 11.3. The lowest BCUT2D eigenvalue weighted by atomic mass is 10.1. The Morgan fingerprint density at radius 2 is 1.48 bits per heavy atom. The van der Waals surface area contributed by atoms with Crippen LogP contribution in [0.3, 0.4) is 0 Å². The summed E-state index contributed by atoms with van der Waals surface area (Å²) in [5, 5.41) is 6.18. The zero-order valence-electron chi connectivity index (χ0n) is 18.1. The van der Waals surface area contributed by atoms with E-state index in [0.29, 0.717) is 23.8 Å². The minimum atomic E-state index is -0.364. The Balaban J connectivity index is 1.46. The van der Waals surface area contributed by atoms with Crippen LogP contribution in [0.4, 0.5) is 5.69 Å². The van der Waals surface area contributed by atoms with Gasteiger partial charge in [-0.05, 0) is 67.4 Å². The van der Waals surface area contributed by atoms with E-state index in [2.05, 4.69) is 10.6 Å². The Bertz CT molecular complexity index is 972. The van der Waals surface area contributed by atoms with Gasteiger partial charge in [-0.25, -0.2) is 0 Å². The Morgan fingerprint density at radius 1 is 0.839 bits per heavy atom. The molecule has 1 unspecified atom stereocenters. The standard InChI is InChI=1S/C25H28N2O4/c1-18(25(28)26-17-16-19-8-12-21(29-2)13-9-19)27-20-10-14-22(15-11-20)31-24-7-5-4-6-23(24)30-3/h4-15,18,27H,16-17H2,1-3H3,(H,26,28). The second kappa shape index (κ2) is 10.9. The third kappa shape index (κ3) is 6.40. The first-order valence-electron chi connectivity index (χ1n) is 10.2. The van der Waals surface area contributed by atoms with E-state index in [9.17, 15) is 4.79 Å². The Labute approximate surface area is 183 Å². The molecule has 0 saturated carbocycles. The van der Waals surface area contributed by atoms with Crippen LogP contribution in [0.5, 0.6) is 23.0 Å². The van der Waals surface area contributed by atoms with Gasteiger partial charge >= 0.3 is 0 Å². The average molecular weight is 421 g/mol. The van der Waals surface area contributed by atoms with Gasteiger partial charge in [-0.3, -0.25) is 4.79 Å². The largest absolute Gasteiger partial charge is 0.497 e. The molecule has 1 amide bonds. The van der Waals surface area contributed by atoms with Gasteiger partial charge < -0.3 is 24.8 Å². The van der Waals surface area contributed by atoms with Crippen molar-refractivity contribution in [3.05, 3.63) is 78.4 Å². The maximum atomic E-state index is 12.4. The number of hydrogen-bond donors (Lipinski definition) is 2. The van der Waals surface area contributed by atoms with Crippen LogP contribution < -0.4 is 24.8 Å². The molecular weight excluding hydrogens is 392 g/mol. The molecule has 0 saturated heterocycles. The molecule has 0 aliphatic rings. The van der Waals surface area contributed by atoms with E-state index in [4.69, 9.17) is 14.2 Å². The number of hydrogen-bond acceptors (Lipinski definition) is 5. The highest BCUT2D eigenvalue weighted by atomic mass is 16.5. The maximum Gasteiger partial charge on any atom is 0.242 e. The van der Waals surface area contributed by atoms with Gasteiger partial charge in [-0.1, -0.05) is 24.3 Å². The van der Waals surface area contributed by atoms with Crippen LogP contribution in [0.15, 0.2) is 72.8 Å². The van der Waals surface area contributed by atoms with E-state index in [1.54, 1.807) is 14.2 Å². The average Bonchev–Trinajstić information content (AvgIpc) is 2.81. The predicted octanol–water partition coefficient (Wildman–Crippen LogP) is 4.66. The number of rotatable bonds is 10. The van der Waals surface area contributed by atoms with Crippen LogP contribution in [-0.2, 0) is 11.2 Å². The van der Waals surface area contributed by atoms with Crippen molar-refractivity contribution in [3.8, 4) is 23.0 Å². The molecule has 0 aromatic heterocycles. The number of benzene rings is 3. The number of carbonyl (C=O) groups excluding carboxylic acids is 1. The van der Waals surface area contributed by atoms with Gasteiger partial charge in [-0.2, -0.15) is 0 Å². The van der Waals surface area contributed by atoms with Gasteiger partial charge in [0.15, 0.2) is 11.5 Å². The summed E-state index contributed by atoms with van der Waals surface area (Å²) in [5.41, 5.74) is 1.98. The number of ether oxygens (including phenoxy) is 3. The molecule has 0 radical (unpaired) electrons. The fourth-order valence-corrected chi connectivity index (χ4v) is 3.04. The summed E-state index contributed by atoms with van der Waals surface area (Å²) in [4.78, 5) is 12.4. The number of nitrogens with one attached hydrogen (secondary N) is 2. The third-order valence-corrected chi connectivity index (χ3v) is 4.80. The van der Waals surface area contributed by atoms with Gasteiger partial charge in [0.2, 0.25) is 5.91 Å². The van der Waals surface area contributed by atoms with Crippen molar-refractivity contribution >= 4 is 11.6 Å². The van der Waals surface area contributed by atoms with E-state index in [1.807, 2.05) is 79.7 Å². The van der Waals surface area contributed by atoms with E-state index >= 15 is 0 Å². The monoisotopic (exact) mass is 420 g/mol. The van der Waals surface area contributed by atoms with Crippen molar-refractivity contribution in [3.63, 3.8) is 0 Å². The first kappa shape index (κ1) is 22.0. The van der Waals surface area contributed by atoms with Crippen LogP contribution in [0.25, 0.3) is 0 Å². The molecule has 0 bridgehead atoms. The van der Waals surface area contributed by atoms with E-state index in [-0.39, 0.29) is 11.9 Å². The summed E-state index contributed by atoms with van der Waals surface area (Å²) in [7, 11) is 3.25. The van der Waals surface area contributed by atoms with Gasteiger partial charge in [0, 0.05) is 12.2 Å². The summed E-state index contributed by atoms with van der Waals surface area (Å²) in [6.45, 7) is 2.41. The molecule has 162 valence electrons. The fraction of sp³-hybridized carbons (Fsp3) is 0.240. The molecular formula is C25H28N2O4. The third-order valence-electron chi connectivity index (χ3n) is 4.80. The molecule has 3 aromatic rings. The lowest BCUT2D eigenvalue weighted by Gasteiger charge is -2.16. The molecule has 3 rings (SSSR count). The lowest BCUT2D eigenvalue weighted by Crippen LogP contribution is -2.38. The van der Waals surface area contributed by atoms with E-state index < -0.39 is 0 Å². The Kier molecular flexibility index (Phi) is 7.76. The number of amides is 1. The van der Waals surface area contributed by atoms with E-state index in [1.165, 1.54) is 0 Å². The van der Waals surface area contributed by atoms with Crippen molar-refractivity contribution in [1.29, 1.82) is 0 Å². The minimum Gasteiger partial charge on any atom is -0.497 e. The first-order valence-corrected chi connectivity index (χ1v) is 10.2. The minimum absolute atomic E-state index is 0.0529. The highest BCUT2D eigenvalue weighted by Gasteiger charge is 2.12. The molecule has 6 heteroatoms. The van der Waals surface area contributed by atoms with Crippen LogP contribution >= 0.6 is 0 Å². The van der Waals surface area contributed by atoms with Crippen molar-refractivity contribution in [2.24, 2.45) is 0 Å². The zero-order valence-corrected chi connectivity index (χ0v) is 18.1. The maximum absolute atomic E-state index is 12.4. The molecule has 31 heavy (non-hydrogen) atoms.